The predicted molar refractivity (Wildman–Crippen MR) is 211 cm³/mol. The van der Waals surface area contributed by atoms with Gasteiger partial charge in [-0.25, -0.2) is 9.38 Å². The van der Waals surface area contributed by atoms with E-state index in [1.807, 2.05) is 75.9 Å². The predicted octanol–water partition coefficient (Wildman–Crippen LogP) is 8.74. The fourth-order valence-corrected chi connectivity index (χ4v) is 6.49. The molecule has 11 heteroatoms. The van der Waals surface area contributed by atoms with Crippen LogP contribution in [0.15, 0.2) is 101 Å². The number of aliphatic imine (C=N–C) groups is 1. The molecule has 2 saturated heterocycles. The molecule has 0 radical (unpaired) electrons. The molecule has 1 aromatic carbocycles. The van der Waals surface area contributed by atoms with Crippen LogP contribution in [0.3, 0.4) is 0 Å². The zero-order valence-corrected chi connectivity index (χ0v) is 31.9. The van der Waals surface area contributed by atoms with Crippen molar-refractivity contribution in [3.8, 4) is 0 Å². The van der Waals surface area contributed by atoms with Gasteiger partial charge in [-0.05, 0) is 107 Å². The standard InChI is InChI=1S/C19H21FN2OS2.C9H10O2.C5H9NO.C4H9N.C2H6/c1-2-6-17-18(23)22(11-10-16-9-3-4-12-24-16)19(25-17)21-15-8-5-7-14(20)13-15;10-8-11-7-9-5-3-1-2-4-6-9;1-3-5(2)6-4-7;1-5-3-2-4-5;1-2/h2,5,7-9,13,17H,1,3-4,6,10-12H2;1,3-6,8H,2,7H2;3-4H,1-2H3,(H,6,7);2-4H2,1H3;1-2H3/b;;5-3+;;. The number of nitrogens with one attached hydrogen (secondary N) is 1. The molecule has 4 aliphatic rings. The number of carbonyl (C=O) groups excluding carboxylic acids is 3. The Morgan fingerprint density at radius 1 is 1.20 bits per heavy atom. The van der Waals surface area contributed by atoms with Crippen LogP contribution in [0.25, 0.3) is 0 Å². The lowest BCUT2D eigenvalue weighted by Crippen LogP contribution is -2.33. The van der Waals surface area contributed by atoms with Crippen molar-refractivity contribution < 1.29 is 23.5 Å². The van der Waals surface area contributed by atoms with Gasteiger partial charge in [-0.3, -0.25) is 19.3 Å². The third kappa shape index (κ3) is 18.9. The largest absolute Gasteiger partial charge is 0.463 e. The molecule has 3 heterocycles. The maximum Gasteiger partial charge on any atom is 0.293 e. The summed E-state index contributed by atoms with van der Waals surface area (Å²) in [7, 11) is 2.14. The molecule has 8 nitrogen and oxygen atoms in total. The van der Waals surface area contributed by atoms with Crippen LogP contribution in [0.1, 0.15) is 66.2 Å². The average Bonchev–Trinajstić information content (AvgIpc) is 3.26. The van der Waals surface area contributed by atoms with Crippen LogP contribution in [-0.2, 0) is 19.1 Å². The zero-order valence-electron chi connectivity index (χ0n) is 30.3. The lowest BCUT2D eigenvalue weighted by molar-refractivity contribution is -0.128. The van der Waals surface area contributed by atoms with Crippen molar-refractivity contribution in [2.24, 2.45) is 4.99 Å². The Morgan fingerprint density at radius 2 is 1.96 bits per heavy atom. The van der Waals surface area contributed by atoms with Crippen molar-refractivity contribution in [3.05, 3.63) is 101 Å². The van der Waals surface area contributed by atoms with Crippen molar-refractivity contribution in [1.29, 1.82) is 0 Å². The highest BCUT2D eigenvalue weighted by Crippen LogP contribution is 2.34. The van der Waals surface area contributed by atoms with Gasteiger partial charge in [0, 0.05) is 12.2 Å². The van der Waals surface area contributed by atoms with Crippen molar-refractivity contribution in [1.82, 2.24) is 15.1 Å². The summed E-state index contributed by atoms with van der Waals surface area (Å²) in [5.74, 6) is 0.897. The Labute approximate surface area is 307 Å². The van der Waals surface area contributed by atoms with E-state index in [0.717, 1.165) is 36.3 Å². The number of rotatable bonds is 11. The van der Waals surface area contributed by atoms with Gasteiger partial charge in [0.2, 0.25) is 12.3 Å². The van der Waals surface area contributed by atoms with Crippen molar-refractivity contribution in [2.75, 3.05) is 39.0 Å². The zero-order chi connectivity index (χ0) is 37.0. The Hall–Kier alpha value is -3.67. The van der Waals surface area contributed by atoms with Crippen LogP contribution in [0.5, 0.6) is 0 Å². The van der Waals surface area contributed by atoms with Gasteiger partial charge >= 0.3 is 0 Å². The van der Waals surface area contributed by atoms with E-state index < -0.39 is 0 Å². The first-order valence-corrected chi connectivity index (χ1v) is 19.0. The van der Waals surface area contributed by atoms with Crippen LogP contribution in [0.2, 0.25) is 0 Å². The molecule has 1 atom stereocenters. The SMILES string of the molecule is C/C=C(\C)NC=O.C=CCC1SC(=Nc2cccc(F)c2)N(CCC2=CCCCS2)C1=O.CC.CN1CCC1.O=COCC1=CC=CCC=C1. The summed E-state index contributed by atoms with van der Waals surface area (Å²) >= 11 is 3.32. The summed E-state index contributed by atoms with van der Waals surface area (Å²) in [6.07, 6.45) is 22.6. The first kappa shape index (κ1) is 44.4. The molecule has 2 amide bonds. The minimum absolute atomic E-state index is 0.0708. The number of hydrogen-bond acceptors (Lipinski definition) is 8. The van der Waals surface area contributed by atoms with E-state index >= 15 is 0 Å². The number of likely N-dealkylation sites (tertiary alicyclic amines) is 1. The molecule has 1 unspecified atom stereocenters. The van der Waals surface area contributed by atoms with Crippen LogP contribution in [-0.4, -0.2) is 78.0 Å². The van der Waals surface area contributed by atoms with Gasteiger partial charge < -0.3 is 15.0 Å². The number of amides is 2. The number of halogens is 1. The van der Waals surface area contributed by atoms with E-state index in [4.69, 9.17) is 0 Å². The molecule has 0 saturated carbocycles. The van der Waals surface area contributed by atoms with E-state index in [2.05, 4.69) is 39.6 Å². The van der Waals surface area contributed by atoms with Crippen LogP contribution in [0, 0.1) is 5.82 Å². The summed E-state index contributed by atoms with van der Waals surface area (Å²) in [6.45, 7) is 15.5. The van der Waals surface area contributed by atoms with E-state index in [1.165, 1.54) is 54.7 Å². The molecule has 50 heavy (non-hydrogen) atoms. The van der Waals surface area contributed by atoms with E-state index in [9.17, 15) is 18.8 Å². The van der Waals surface area contributed by atoms with Gasteiger partial charge in [0.05, 0.1) is 10.9 Å². The Morgan fingerprint density at radius 3 is 2.52 bits per heavy atom. The lowest BCUT2D eigenvalue weighted by atomic mass is 10.2. The fourth-order valence-electron chi connectivity index (χ4n) is 4.26. The maximum atomic E-state index is 13.4. The molecular formula is C39H55FN4O4S2. The number of benzene rings is 1. The summed E-state index contributed by atoms with van der Waals surface area (Å²) in [5, 5.41) is 2.95. The maximum absolute atomic E-state index is 13.4. The van der Waals surface area contributed by atoms with Gasteiger partial charge in [-0.15, -0.1) is 18.3 Å². The lowest BCUT2D eigenvalue weighted by Gasteiger charge is -2.24. The number of thioether (sulfide) groups is 2. The molecule has 0 spiro atoms. The smallest absolute Gasteiger partial charge is 0.293 e. The van der Waals surface area contributed by atoms with E-state index in [0.29, 0.717) is 43.3 Å². The molecule has 1 aromatic rings. The Bertz CT molecular complexity index is 1370. The normalized spacial score (nSPS) is 18.8. The number of nitrogens with zero attached hydrogens (tertiary/aromatic N) is 3. The van der Waals surface area contributed by atoms with Crippen molar-refractivity contribution in [2.45, 2.75) is 71.5 Å². The second-order valence-electron chi connectivity index (χ2n) is 11.0. The van der Waals surface area contributed by atoms with Gasteiger partial charge in [0.25, 0.3) is 6.47 Å². The van der Waals surface area contributed by atoms with Crippen molar-refractivity contribution in [3.63, 3.8) is 0 Å². The molecule has 5 rings (SSSR count). The number of hydrogen-bond donors (Lipinski definition) is 1. The summed E-state index contributed by atoms with van der Waals surface area (Å²) in [4.78, 5) is 42.1. The van der Waals surface area contributed by atoms with Crippen LogP contribution >= 0.6 is 23.5 Å². The number of amidine groups is 1. The fraction of sp³-hybridized carbons (Fsp3) is 0.436. The topological polar surface area (TPSA) is 91.3 Å². The highest BCUT2D eigenvalue weighted by molar-refractivity contribution is 8.15. The molecular weight excluding hydrogens is 672 g/mol. The minimum Gasteiger partial charge on any atom is -0.463 e. The molecule has 1 N–H and O–H groups in total. The van der Waals surface area contributed by atoms with Gasteiger partial charge in [-0.2, -0.15) is 0 Å². The second kappa shape index (κ2) is 28.1. The highest BCUT2D eigenvalue weighted by atomic mass is 32.2. The third-order valence-corrected chi connectivity index (χ3v) is 9.63. The molecule has 3 aliphatic heterocycles. The van der Waals surface area contributed by atoms with Gasteiger partial charge in [-0.1, -0.05) is 80.3 Å². The number of allylic oxidation sites excluding steroid dienone is 8. The molecule has 274 valence electrons. The molecule has 0 aromatic heterocycles. The molecule has 0 bridgehead atoms. The van der Waals surface area contributed by atoms with Crippen LogP contribution < -0.4 is 5.32 Å². The second-order valence-corrected chi connectivity index (χ2v) is 13.4. The van der Waals surface area contributed by atoms with Gasteiger partial charge in [0.1, 0.15) is 12.4 Å². The summed E-state index contributed by atoms with van der Waals surface area (Å²) in [6, 6.07) is 6.16. The van der Waals surface area contributed by atoms with Gasteiger partial charge in [0.15, 0.2) is 5.17 Å². The summed E-state index contributed by atoms with van der Waals surface area (Å²) < 4.78 is 18.0. The average molecular weight is 727 g/mol. The van der Waals surface area contributed by atoms with E-state index in [-0.39, 0.29) is 17.0 Å². The number of ether oxygens (including phenoxy) is 1. The summed E-state index contributed by atoms with van der Waals surface area (Å²) in [5.41, 5.74) is 2.44. The molecule has 1 aliphatic carbocycles. The molecule has 2 fully saturated rings. The Kier molecular flexibility index (Phi) is 24.9. The minimum atomic E-state index is -0.325. The third-order valence-electron chi connectivity index (χ3n) is 7.19. The van der Waals surface area contributed by atoms with E-state index in [1.54, 1.807) is 23.1 Å². The highest BCUT2D eigenvalue weighted by Gasteiger charge is 2.37. The van der Waals surface area contributed by atoms with Crippen molar-refractivity contribution >= 4 is 53.2 Å². The first-order chi connectivity index (χ1) is 24.3. The quantitative estimate of drug-likeness (QED) is 0.180. The monoisotopic (exact) mass is 726 g/mol. The van der Waals surface area contributed by atoms with Crippen LogP contribution in [0.4, 0.5) is 10.1 Å². The first-order valence-electron chi connectivity index (χ1n) is 17.1. The number of carbonyl (C=O) groups is 3. The Balaban J connectivity index is 0.000000408.